The van der Waals surface area contributed by atoms with Gasteiger partial charge in [0, 0.05) is 24.2 Å². The van der Waals surface area contributed by atoms with Crippen LogP contribution < -0.4 is 10.6 Å². The third-order valence-corrected chi connectivity index (χ3v) is 5.18. The van der Waals surface area contributed by atoms with Crippen molar-refractivity contribution < 1.29 is 0 Å². The number of nitrogens with zero attached hydrogens (tertiary/aromatic N) is 3. The van der Waals surface area contributed by atoms with Crippen molar-refractivity contribution in [3.05, 3.63) is 52.0 Å². The molecule has 2 rings (SSSR count). The lowest BCUT2D eigenvalue weighted by Gasteiger charge is -2.30. The Morgan fingerprint density at radius 2 is 1.85 bits per heavy atom. The molecule has 0 amide bonds. The Morgan fingerprint density at radius 3 is 2.41 bits per heavy atom. The van der Waals surface area contributed by atoms with Crippen molar-refractivity contribution in [3.63, 3.8) is 0 Å². The summed E-state index contributed by atoms with van der Waals surface area (Å²) in [5.74, 6) is 0.841. The van der Waals surface area contributed by atoms with E-state index in [9.17, 15) is 0 Å². The van der Waals surface area contributed by atoms with Gasteiger partial charge >= 0.3 is 0 Å². The minimum absolute atomic E-state index is 0. The van der Waals surface area contributed by atoms with Crippen LogP contribution in [0.5, 0.6) is 0 Å². The molecule has 1 unspecified atom stereocenters. The average molecular weight is 501 g/mol. The van der Waals surface area contributed by atoms with Gasteiger partial charge in [0.1, 0.15) is 5.01 Å². The second kappa shape index (κ2) is 13.1. The number of aryl methyl sites for hydroxylation is 1. The molecule has 0 radical (unpaired) electrons. The molecule has 150 valence electrons. The van der Waals surface area contributed by atoms with E-state index < -0.39 is 0 Å². The molecular formula is C20H32IN5S. The normalized spacial score (nSPS) is 12.6. The quantitative estimate of drug-likeness (QED) is 0.307. The average Bonchev–Trinajstić information content (AvgIpc) is 3.09. The molecule has 1 atom stereocenters. The van der Waals surface area contributed by atoms with Crippen LogP contribution in [0.3, 0.4) is 0 Å². The van der Waals surface area contributed by atoms with Crippen molar-refractivity contribution in [2.24, 2.45) is 4.99 Å². The summed E-state index contributed by atoms with van der Waals surface area (Å²) in [6.45, 7) is 12.9. The Labute approximate surface area is 184 Å². The first-order valence-electron chi connectivity index (χ1n) is 9.40. The maximum absolute atomic E-state index is 4.70. The summed E-state index contributed by atoms with van der Waals surface area (Å²) >= 11 is 1.70. The smallest absolute Gasteiger partial charge is 0.191 e. The van der Waals surface area contributed by atoms with Gasteiger partial charge in [-0.05, 0) is 32.5 Å². The van der Waals surface area contributed by atoms with Crippen molar-refractivity contribution in [1.29, 1.82) is 0 Å². The van der Waals surface area contributed by atoms with Crippen molar-refractivity contribution in [1.82, 2.24) is 20.5 Å². The zero-order valence-electron chi connectivity index (χ0n) is 16.7. The first kappa shape index (κ1) is 23.8. The van der Waals surface area contributed by atoms with Gasteiger partial charge in [0.15, 0.2) is 5.96 Å². The third kappa shape index (κ3) is 7.75. The fraction of sp³-hybridized carbons (Fsp3) is 0.500. The molecule has 5 nitrogen and oxygen atoms in total. The summed E-state index contributed by atoms with van der Waals surface area (Å²) in [6.07, 6.45) is 1.90. The van der Waals surface area contributed by atoms with Gasteiger partial charge in [0.05, 0.1) is 12.6 Å². The van der Waals surface area contributed by atoms with E-state index in [2.05, 4.69) is 78.5 Å². The van der Waals surface area contributed by atoms with Crippen molar-refractivity contribution >= 4 is 41.3 Å². The van der Waals surface area contributed by atoms with E-state index in [0.717, 1.165) is 37.1 Å². The van der Waals surface area contributed by atoms with Crippen LogP contribution in [0, 0.1) is 6.92 Å². The number of likely N-dealkylation sites (N-methyl/N-ethyl adjacent to an activating group) is 1. The van der Waals surface area contributed by atoms with Crippen molar-refractivity contribution in [2.45, 2.75) is 40.3 Å². The summed E-state index contributed by atoms with van der Waals surface area (Å²) in [7, 11) is 0. The van der Waals surface area contributed by atoms with E-state index in [-0.39, 0.29) is 24.0 Å². The predicted molar refractivity (Wildman–Crippen MR) is 127 cm³/mol. The molecule has 0 bridgehead atoms. The minimum atomic E-state index is 0. The lowest BCUT2D eigenvalue weighted by atomic mass is 10.1. The van der Waals surface area contributed by atoms with Crippen LogP contribution in [0.2, 0.25) is 0 Å². The van der Waals surface area contributed by atoms with Crippen LogP contribution in [0.25, 0.3) is 0 Å². The highest BCUT2D eigenvalue weighted by molar-refractivity contribution is 14.0. The number of hydrogen-bond donors (Lipinski definition) is 2. The van der Waals surface area contributed by atoms with Crippen LogP contribution >= 0.6 is 35.3 Å². The van der Waals surface area contributed by atoms with Gasteiger partial charge < -0.3 is 10.6 Å². The molecule has 27 heavy (non-hydrogen) atoms. The molecule has 2 aromatic rings. The van der Waals surface area contributed by atoms with Gasteiger partial charge in [0.2, 0.25) is 0 Å². The first-order chi connectivity index (χ1) is 12.7. The van der Waals surface area contributed by atoms with Crippen molar-refractivity contribution in [2.75, 3.05) is 26.2 Å². The minimum Gasteiger partial charge on any atom is -0.357 e. The Balaban J connectivity index is 0.00000364. The molecule has 0 spiro atoms. The van der Waals surface area contributed by atoms with Gasteiger partial charge in [0.25, 0.3) is 0 Å². The fourth-order valence-electron chi connectivity index (χ4n) is 2.95. The van der Waals surface area contributed by atoms with E-state index >= 15 is 0 Å². The molecule has 0 aliphatic rings. The zero-order valence-corrected chi connectivity index (χ0v) is 19.9. The van der Waals surface area contributed by atoms with Crippen LogP contribution in [0.4, 0.5) is 0 Å². The summed E-state index contributed by atoms with van der Waals surface area (Å²) in [4.78, 5) is 12.8. The number of benzene rings is 1. The van der Waals surface area contributed by atoms with E-state index in [1.54, 1.807) is 11.3 Å². The van der Waals surface area contributed by atoms with Crippen LogP contribution in [-0.4, -0.2) is 42.0 Å². The molecule has 1 aromatic heterocycles. The largest absolute Gasteiger partial charge is 0.357 e. The monoisotopic (exact) mass is 501 g/mol. The molecule has 1 aromatic carbocycles. The molecule has 0 saturated heterocycles. The van der Waals surface area contributed by atoms with Gasteiger partial charge in [-0.1, -0.05) is 44.2 Å². The molecule has 7 heteroatoms. The molecule has 0 aliphatic carbocycles. The number of rotatable bonds is 9. The van der Waals surface area contributed by atoms with Crippen LogP contribution in [-0.2, 0) is 6.54 Å². The van der Waals surface area contributed by atoms with Crippen LogP contribution in [0.1, 0.15) is 42.3 Å². The molecule has 0 aliphatic heterocycles. The first-order valence-corrected chi connectivity index (χ1v) is 10.2. The number of nitrogens with one attached hydrogen (secondary N) is 2. The van der Waals surface area contributed by atoms with Gasteiger partial charge in [-0.15, -0.1) is 35.3 Å². The number of halogens is 1. The number of aliphatic imine (C=N–C) groups is 1. The van der Waals surface area contributed by atoms with Crippen LogP contribution in [0.15, 0.2) is 41.5 Å². The fourth-order valence-corrected chi connectivity index (χ4v) is 3.67. The number of guanidine groups is 1. The lowest BCUT2D eigenvalue weighted by molar-refractivity contribution is 0.219. The van der Waals surface area contributed by atoms with Gasteiger partial charge in [-0.3, -0.25) is 4.90 Å². The Kier molecular flexibility index (Phi) is 11.5. The zero-order chi connectivity index (χ0) is 18.8. The molecule has 2 N–H and O–H groups in total. The lowest BCUT2D eigenvalue weighted by Crippen LogP contribution is -2.43. The van der Waals surface area contributed by atoms with E-state index in [1.165, 1.54) is 10.4 Å². The molecule has 0 saturated carbocycles. The highest BCUT2D eigenvalue weighted by Gasteiger charge is 2.18. The summed E-state index contributed by atoms with van der Waals surface area (Å²) in [5.41, 5.74) is 1.33. The standard InChI is InChI=1S/C20H31N5S.HI/c1-5-21-20(24-15-19-22-13-16(4)26-19)23-14-18(25(6-2)7-3)17-11-9-8-10-12-17;/h8-13,18H,5-7,14-15H2,1-4H3,(H2,21,23,24);1H. The topological polar surface area (TPSA) is 52.6 Å². The summed E-state index contributed by atoms with van der Waals surface area (Å²) in [5, 5.41) is 7.90. The predicted octanol–water partition coefficient (Wildman–Crippen LogP) is 4.21. The van der Waals surface area contributed by atoms with E-state index in [4.69, 9.17) is 4.99 Å². The molecule has 0 fully saturated rings. The maximum atomic E-state index is 4.70. The SMILES string of the molecule is CCNC(=NCc1ncc(C)s1)NCC(c1ccccc1)N(CC)CC.I. The summed E-state index contributed by atoms with van der Waals surface area (Å²) in [6, 6.07) is 11.0. The Bertz CT molecular complexity index is 670. The Morgan fingerprint density at radius 1 is 1.15 bits per heavy atom. The molecular weight excluding hydrogens is 469 g/mol. The third-order valence-electron chi connectivity index (χ3n) is 4.29. The second-order valence-corrected chi connectivity index (χ2v) is 7.41. The second-order valence-electron chi connectivity index (χ2n) is 6.09. The number of thiazole rings is 1. The van der Waals surface area contributed by atoms with Gasteiger partial charge in [-0.2, -0.15) is 0 Å². The Hall–Kier alpha value is -1.19. The van der Waals surface area contributed by atoms with E-state index in [1.807, 2.05) is 6.20 Å². The number of aromatic nitrogens is 1. The summed E-state index contributed by atoms with van der Waals surface area (Å²) < 4.78 is 0. The maximum Gasteiger partial charge on any atom is 0.191 e. The van der Waals surface area contributed by atoms with Crippen molar-refractivity contribution in [3.8, 4) is 0 Å². The highest BCUT2D eigenvalue weighted by atomic mass is 127. The number of hydrogen-bond acceptors (Lipinski definition) is 4. The van der Waals surface area contributed by atoms with E-state index in [0.29, 0.717) is 12.6 Å². The molecule has 1 heterocycles. The highest BCUT2D eigenvalue weighted by Crippen LogP contribution is 2.19. The van der Waals surface area contributed by atoms with Gasteiger partial charge in [-0.25, -0.2) is 9.98 Å².